The Balaban J connectivity index is 2.09. The SMILES string of the molecule is C=C(C(C)C)C1CCCN1Sc1ccc(Cl)c(Cl)c1. The van der Waals surface area contributed by atoms with E-state index in [2.05, 4.69) is 24.7 Å². The first-order chi connectivity index (χ1) is 8.99. The van der Waals surface area contributed by atoms with Crippen molar-refractivity contribution < 1.29 is 0 Å². The van der Waals surface area contributed by atoms with Crippen LogP contribution in [-0.4, -0.2) is 16.9 Å². The maximum Gasteiger partial charge on any atom is 0.0603 e. The summed E-state index contributed by atoms with van der Waals surface area (Å²) in [4.78, 5) is 1.14. The molecule has 0 saturated carbocycles. The third kappa shape index (κ3) is 3.69. The highest BCUT2D eigenvalue weighted by Gasteiger charge is 2.28. The molecule has 1 aliphatic heterocycles. The van der Waals surface area contributed by atoms with E-state index in [1.807, 2.05) is 18.2 Å². The first-order valence-corrected chi connectivity index (χ1v) is 8.10. The van der Waals surface area contributed by atoms with E-state index >= 15 is 0 Å². The molecule has 0 aliphatic carbocycles. The number of halogens is 2. The summed E-state index contributed by atoms with van der Waals surface area (Å²) in [5, 5.41) is 1.22. The summed E-state index contributed by atoms with van der Waals surface area (Å²) in [5.74, 6) is 0.528. The molecule has 1 aromatic rings. The summed E-state index contributed by atoms with van der Waals surface area (Å²) >= 11 is 13.8. The Morgan fingerprint density at radius 1 is 1.37 bits per heavy atom. The van der Waals surface area contributed by atoms with E-state index < -0.39 is 0 Å². The fourth-order valence-corrected chi connectivity index (χ4v) is 3.80. The number of hydrogen-bond donors (Lipinski definition) is 0. The number of rotatable bonds is 4. The van der Waals surface area contributed by atoms with E-state index in [1.54, 1.807) is 11.9 Å². The quantitative estimate of drug-likeness (QED) is 0.519. The summed E-state index contributed by atoms with van der Waals surface area (Å²) in [6, 6.07) is 6.28. The van der Waals surface area contributed by atoms with E-state index in [-0.39, 0.29) is 0 Å². The van der Waals surface area contributed by atoms with Gasteiger partial charge in [0.1, 0.15) is 0 Å². The van der Waals surface area contributed by atoms with Gasteiger partial charge >= 0.3 is 0 Å². The minimum atomic E-state index is 0.472. The summed E-state index contributed by atoms with van der Waals surface area (Å²) in [7, 11) is 0. The molecule has 1 aromatic carbocycles. The maximum absolute atomic E-state index is 6.07. The van der Waals surface area contributed by atoms with Crippen molar-refractivity contribution in [1.29, 1.82) is 0 Å². The minimum Gasteiger partial charge on any atom is -0.239 e. The molecule has 1 fully saturated rings. The summed E-state index contributed by atoms with van der Waals surface area (Å²) < 4.78 is 2.42. The molecule has 0 radical (unpaired) electrons. The third-order valence-corrected chi connectivity index (χ3v) is 5.36. The maximum atomic E-state index is 6.07. The molecule has 0 amide bonds. The zero-order valence-electron chi connectivity index (χ0n) is 11.3. The van der Waals surface area contributed by atoms with Gasteiger partial charge in [-0.25, -0.2) is 4.31 Å². The largest absolute Gasteiger partial charge is 0.239 e. The molecule has 1 saturated heterocycles. The zero-order valence-corrected chi connectivity index (χ0v) is 13.7. The van der Waals surface area contributed by atoms with E-state index in [9.17, 15) is 0 Å². The number of hydrogen-bond acceptors (Lipinski definition) is 2. The minimum absolute atomic E-state index is 0.472. The second-order valence-corrected chi connectivity index (χ2v) is 7.13. The standard InChI is InChI=1S/C15H19Cl2NS/c1-10(2)11(3)15-5-4-8-18(15)19-12-6-7-13(16)14(17)9-12/h6-7,9-10,15H,3-5,8H2,1-2H3. The average molecular weight is 316 g/mol. The highest BCUT2D eigenvalue weighted by Crippen LogP contribution is 2.37. The van der Waals surface area contributed by atoms with Crippen molar-refractivity contribution in [3.63, 3.8) is 0 Å². The van der Waals surface area contributed by atoms with Gasteiger partial charge in [-0.1, -0.05) is 49.2 Å². The van der Waals surface area contributed by atoms with Crippen LogP contribution < -0.4 is 0 Å². The van der Waals surface area contributed by atoms with Crippen molar-refractivity contribution in [2.24, 2.45) is 5.92 Å². The van der Waals surface area contributed by atoms with E-state index in [4.69, 9.17) is 23.2 Å². The second-order valence-electron chi connectivity index (χ2n) is 5.20. The Bertz CT molecular complexity index is 473. The van der Waals surface area contributed by atoms with Crippen LogP contribution in [0.1, 0.15) is 26.7 Å². The van der Waals surface area contributed by atoms with Crippen molar-refractivity contribution in [2.75, 3.05) is 6.54 Å². The molecule has 0 N–H and O–H groups in total. The van der Waals surface area contributed by atoms with Gasteiger partial charge in [0.2, 0.25) is 0 Å². The third-order valence-electron chi connectivity index (χ3n) is 3.49. The van der Waals surface area contributed by atoms with Gasteiger partial charge in [0, 0.05) is 17.5 Å². The Morgan fingerprint density at radius 3 is 2.74 bits per heavy atom. The molecule has 4 heteroatoms. The summed E-state index contributed by atoms with van der Waals surface area (Å²) in [5.41, 5.74) is 1.32. The topological polar surface area (TPSA) is 3.24 Å². The molecule has 19 heavy (non-hydrogen) atoms. The molecule has 1 atom stereocenters. The van der Waals surface area contributed by atoms with Crippen LogP contribution in [-0.2, 0) is 0 Å². The lowest BCUT2D eigenvalue weighted by molar-refractivity contribution is 0.456. The fraction of sp³-hybridized carbons (Fsp3) is 0.467. The first kappa shape index (κ1) is 15.2. The molecule has 0 aromatic heterocycles. The van der Waals surface area contributed by atoms with Crippen molar-refractivity contribution >= 4 is 35.1 Å². The van der Waals surface area contributed by atoms with Crippen LogP contribution >= 0.6 is 35.1 Å². The van der Waals surface area contributed by atoms with Crippen LogP contribution in [0.3, 0.4) is 0 Å². The lowest BCUT2D eigenvalue weighted by atomic mass is 9.97. The zero-order chi connectivity index (χ0) is 14.0. The van der Waals surface area contributed by atoms with Gasteiger partial charge in [0.05, 0.1) is 10.0 Å². The predicted octanol–water partition coefficient (Wildman–Crippen LogP) is 5.68. The second kappa shape index (κ2) is 6.53. The normalized spacial score (nSPS) is 20.2. The van der Waals surface area contributed by atoms with E-state index in [0.29, 0.717) is 22.0 Å². The molecule has 1 aliphatic rings. The molecule has 0 spiro atoms. The average Bonchev–Trinajstić information content (AvgIpc) is 2.81. The molecule has 1 heterocycles. The molecule has 1 nitrogen and oxygen atoms in total. The van der Waals surface area contributed by atoms with Crippen LogP contribution in [0.2, 0.25) is 10.0 Å². The van der Waals surface area contributed by atoms with Gasteiger partial charge in [0.25, 0.3) is 0 Å². The first-order valence-electron chi connectivity index (χ1n) is 6.57. The van der Waals surface area contributed by atoms with Gasteiger partial charge < -0.3 is 0 Å². The van der Waals surface area contributed by atoms with E-state index in [1.165, 1.54) is 18.4 Å². The van der Waals surface area contributed by atoms with Gasteiger partial charge in [-0.05, 0) is 48.9 Å². The number of nitrogens with zero attached hydrogens (tertiary/aromatic N) is 1. The lowest BCUT2D eigenvalue weighted by Gasteiger charge is -2.27. The fourth-order valence-electron chi connectivity index (χ4n) is 2.27. The van der Waals surface area contributed by atoms with Crippen LogP contribution in [0.25, 0.3) is 0 Å². The van der Waals surface area contributed by atoms with Crippen LogP contribution in [0, 0.1) is 5.92 Å². The van der Waals surface area contributed by atoms with Crippen LogP contribution in [0.4, 0.5) is 0 Å². The molecule has 0 bridgehead atoms. The van der Waals surface area contributed by atoms with Gasteiger partial charge in [-0.2, -0.15) is 0 Å². The van der Waals surface area contributed by atoms with Gasteiger partial charge in [-0.3, -0.25) is 0 Å². The highest BCUT2D eigenvalue weighted by atomic mass is 35.5. The molecular formula is C15H19Cl2NS. The summed E-state index contributed by atoms with van der Waals surface area (Å²) in [6.07, 6.45) is 2.43. The molecule has 2 rings (SSSR count). The molecule has 1 unspecified atom stereocenters. The Hall–Kier alpha value is -0.150. The highest BCUT2D eigenvalue weighted by molar-refractivity contribution is 7.97. The van der Waals surface area contributed by atoms with Crippen LogP contribution in [0.15, 0.2) is 35.2 Å². The summed E-state index contributed by atoms with van der Waals surface area (Å²) in [6.45, 7) is 9.78. The van der Waals surface area contributed by atoms with Crippen molar-refractivity contribution in [2.45, 2.75) is 37.6 Å². The van der Waals surface area contributed by atoms with Crippen molar-refractivity contribution in [3.8, 4) is 0 Å². The predicted molar refractivity (Wildman–Crippen MR) is 86.0 cm³/mol. The van der Waals surface area contributed by atoms with Gasteiger partial charge in [-0.15, -0.1) is 0 Å². The lowest BCUT2D eigenvalue weighted by Crippen LogP contribution is -2.26. The van der Waals surface area contributed by atoms with Crippen LogP contribution in [0.5, 0.6) is 0 Å². The Morgan fingerprint density at radius 2 is 2.11 bits per heavy atom. The van der Waals surface area contributed by atoms with E-state index in [0.717, 1.165) is 11.4 Å². The Kier molecular flexibility index (Phi) is 5.24. The smallest absolute Gasteiger partial charge is 0.0603 e. The molecular weight excluding hydrogens is 297 g/mol. The molecule has 104 valence electrons. The Labute approximate surface area is 130 Å². The van der Waals surface area contributed by atoms with Crippen molar-refractivity contribution in [3.05, 3.63) is 40.4 Å². The number of benzene rings is 1. The van der Waals surface area contributed by atoms with Crippen molar-refractivity contribution in [1.82, 2.24) is 4.31 Å². The monoisotopic (exact) mass is 315 g/mol. The van der Waals surface area contributed by atoms with Gasteiger partial charge in [0.15, 0.2) is 0 Å².